The Bertz CT molecular complexity index is 1270. The molecule has 5 rings (SSSR count). The third-order valence-electron chi connectivity index (χ3n) is 5.87. The summed E-state index contributed by atoms with van der Waals surface area (Å²) in [7, 11) is 0. The smallest absolute Gasteiger partial charge is 0.253 e. The molecule has 33 heavy (non-hydrogen) atoms. The minimum absolute atomic E-state index is 0.0867. The summed E-state index contributed by atoms with van der Waals surface area (Å²) in [6.45, 7) is 3.03. The lowest BCUT2D eigenvalue weighted by atomic mass is 9.89. The molecule has 1 aliphatic rings. The van der Waals surface area contributed by atoms with Gasteiger partial charge in [-0.25, -0.2) is 14.4 Å². The van der Waals surface area contributed by atoms with Crippen LogP contribution in [0.4, 0.5) is 4.39 Å². The quantitative estimate of drug-likeness (QED) is 0.456. The van der Waals surface area contributed by atoms with Crippen LogP contribution in [0, 0.1) is 12.7 Å². The highest BCUT2D eigenvalue weighted by atomic mass is 19.1. The van der Waals surface area contributed by atoms with Crippen molar-refractivity contribution >= 4 is 5.91 Å². The van der Waals surface area contributed by atoms with Gasteiger partial charge in [0.15, 0.2) is 11.6 Å². The number of nitrogens with zero attached hydrogens (tertiary/aromatic N) is 5. The van der Waals surface area contributed by atoms with E-state index in [1.807, 2.05) is 36.1 Å². The fourth-order valence-corrected chi connectivity index (χ4v) is 4.14. The number of amides is 1. The van der Waals surface area contributed by atoms with Crippen molar-refractivity contribution in [2.45, 2.75) is 25.7 Å². The summed E-state index contributed by atoms with van der Waals surface area (Å²) < 4.78 is 18.7. The van der Waals surface area contributed by atoms with Crippen LogP contribution in [0.15, 0.2) is 65.4 Å². The van der Waals surface area contributed by atoms with Crippen molar-refractivity contribution in [3.8, 4) is 22.8 Å². The Labute approximate surface area is 190 Å². The summed E-state index contributed by atoms with van der Waals surface area (Å²) >= 11 is 0. The zero-order valence-corrected chi connectivity index (χ0v) is 18.1. The molecule has 7 nitrogen and oxygen atoms in total. The summed E-state index contributed by atoms with van der Waals surface area (Å²) in [6, 6.07) is 13.2. The third kappa shape index (κ3) is 4.37. The topological polar surface area (TPSA) is 85.0 Å². The van der Waals surface area contributed by atoms with Gasteiger partial charge in [0.25, 0.3) is 5.91 Å². The molecule has 4 heterocycles. The summed E-state index contributed by atoms with van der Waals surface area (Å²) in [5.41, 5.74) is 3.65. The van der Waals surface area contributed by atoms with Crippen molar-refractivity contribution in [1.82, 2.24) is 25.0 Å². The Hall–Kier alpha value is -3.94. The standard InChI is InChI=1S/C25H22FN5O2/c1-16-14-22(33-30-16)20-15-28-24(21-4-2-3-11-27-21)29-23(20)17-9-12-31(13-10-17)25(32)18-5-7-19(26)8-6-18/h2-8,11,14-15,17H,9-10,12-13H2,1H3. The number of hydrogen-bond acceptors (Lipinski definition) is 6. The van der Waals surface area contributed by atoms with Gasteiger partial charge in [0.2, 0.25) is 0 Å². The van der Waals surface area contributed by atoms with Crippen LogP contribution < -0.4 is 0 Å². The number of aryl methyl sites for hydroxylation is 1. The Balaban J connectivity index is 1.42. The summed E-state index contributed by atoms with van der Waals surface area (Å²) in [5.74, 6) is 0.854. The highest BCUT2D eigenvalue weighted by Gasteiger charge is 2.28. The van der Waals surface area contributed by atoms with E-state index in [9.17, 15) is 9.18 Å². The minimum atomic E-state index is -0.354. The molecular formula is C25H22FN5O2. The molecule has 0 atom stereocenters. The van der Waals surface area contributed by atoms with Gasteiger partial charge < -0.3 is 9.42 Å². The van der Waals surface area contributed by atoms with Crippen LogP contribution in [-0.2, 0) is 0 Å². The van der Waals surface area contributed by atoms with Gasteiger partial charge in [-0.2, -0.15) is 0 Å². The summed E-state index contributed by atoms with van der Waals surface area (Å²) in [4.78, 5) is 28.4. The summed E-state index contributed by atoms with van der Waals surface area (Å²) in [5, 5.41) is 4.01. The van der Waals surface area contributed by atoms with Crippen LogP contribution in [0.2, 0.25) is 0 Å². The molecule has 0 unspecified atom stereocenters. The van der Waals surface area contributed by atoms with Crippen LogP contribution in [0.3, 0.4) is 0 Å². The first-order valence-electron chi connectivity index (χ1n) is 10.9. The zero-order chi connectivity index (χ0) is 22.8. The molecule has 1 aliphatic heterocycles. The number of pyridine rings is 1. The van der Waals surface area contributed by atoms with Gasteiger partial charge in [-0.05, 0) is 56.2 Å². The molecule has 0 radical (unpaired) electrons. The minimum Gasteiger partial charge on any atom is -0.356 e. The molecule has 166 valence electrons. The second kappa shape index (κ2) is 8.90. The second-order valence-corrected chi connectivity index (χ2v) is 8.11. The van der Waals surface area contributed by atoms with Crippen molar-refractivity contribution in [3.63, 3.8) is 0 Å². The van der Waals surface area contributed by atoms with Gasteiger partial charge in [0.1, 0.15) is 11.5 Å². The first-order valence-corrected chi connectivity index (χ1v) is 10.9. The van der Waals surface area contributed by atoms with E-state index in [-0.39, 0.29) is 17.6 Å². The average molecular weight is 443 g/mol. The number of rotatable bonds is 4. The zero-order valence-electron chi connectivity index (χ0n) is 18.1. The van der Waals surface area contributed by atoms with E-state index in [2.05, 4.69) is 15.1 Å². The highest BCUT2D eigenvalue weighted by Crippen LogP contribution is 2.35. The molecule has 1 fully saturated rings. The maximum absolute atomic E-state index is 13.2. The predicted molar refractivity (Wildman–Crippen MR) is 120 cm³/mol. The van der Waals surface area contributed by atoms with Crippen molar-refractivity contribution in [2.75, 3.05) is 13.1 Å². The Morgan fingerprint density at radius 3 is 2.55 bits per heavy atom. The lowest BCUT2D eigenvalue weighted by Crippen LogP contribution is -2.38. The molecule has 8 heteroatoms. The Kier molecular flexibility index (Phi) is 5.64. The first-order chi connectivity index (χ1) is 16.1. The molecule has 0 saturated carbocycles. The average Bonchev–Trinajstić information content (AvgIpc) is 3.30. The molecular weight excluding hydrogens is 421 g/mol. The molecule has 0 bridgehead atoms. The number of benzene rings is 1. The van der Waals surface area contributed by atoms with Gasteiger partial charge in [-0.1, -0.05) is 11.2 Å². The first kappa shape index (κ1) is 20.9. The molecule has 1 saturated heterocycles. The van der Waals surface area contributed by atoms with Crippen LogP contribution >= 0.6 is 0 Å². The van der Waals surface area contributed by atoms with Crippen LogP contribution in [-0.4, -0.2) is 44.0 Å². The van der Waals surface area contributed by atoms with Gasteiger partial charge in [-0.15, -0.1) is 0 Å². The molecule has 4 aromatic rings. The number of halogens is 1. The van der Waals surface area contributed by atoms with Gasteiger partial charge >= 0.3 is 0 Å². The van der Waals surface area contributed by atoms with Crippen molar-refractivity contribution in [2.24, 2.45) is 0 Å². The lowest BCUT2D eigenvalue weighted by molar-refractivity contribution is 0.0712. The van der Waals surface area contributed by atoms with Crippen molar-refractivity contribution in [3.05, 3.63) is 83.7 Å². The number of carbonyl (C=O) groups is 1. The van der Waals surface area contributed by atoms with Crippen molar-refractivity contribution < 1.29 is 13.7 Å². The van der Waals surface area contributed by atoms with Crippen LogP contribution in [0.5, 0.6) is 0 Å². The number of aromatic nitrogens is 4. The number of likely N-dealkylation sites (tertiary alicyclic amines) is 1. The molecule has 3 aromatic heterocycles. The van der Waals surface area contributed by atoms with E-state index >= 15 is 0 Å². The third-order valence-corrected chi connectivity index (χ3v) is 5.87. The fraction of sp³-hybridized carbons (Fsp3) is 0.240. The van der Waals surface area contributed by atoms with E-state index in [1.165, 1.54) is 24.3 Å². The molecule has 1 amide bonds. The largest absolute Gasteiger partial charge is 0.356 e. The SMILES string of the molecule is Cc1cc(-c2cnc(-c3ccccn3)nc2C2CCN(C(=O)c3ccc(F)cc3)CC2)on1. The van der Waals surface area contributed by atoms with E-state index in [4.69, 9.17) is 9.51 Å². The normalized spacial score (nSPS) is 14.4. The van der Waals surface area contributed by atoms with Crippen molar-refractivity contribution in [1.29, 1.82) is 0 Å². The maximum Gasteiger partial charge on any atom is 0.253 e. The van der Waals surface area contributed by atoms with E-state index < -0.39 is 0 Å². The lowest BCUT2D eigenvalue weighted by Gasteiger charge is -2.32. The Morgan fingerprint density at radius 2 is 1.88 bits per heavy atom. The van der Waals surface area contributed by atoms with Gasteiger partial charge in [0, 0.05) is 43.0 Å². The Morgan fingerprint density at radius 1 is 1.09 bits per heavy atom. The number of hydrogen-bond donors (Lipinski definition) is 0. The monoisotopic (exact) mass is 443 g/mol. The fourth-order valence-electron chi connectivity index (χ4n) is 4.14. The van der Waals surface area contributed by atoms with Crippen LogP contribution in [0.1, 0.15) is 40.5 Å². The molecule has 1 aromatic carbocycles. The van der Waals surface area contributed by atoms with E-state index in [1.54, 1.807) is 12.4 Å². The number of carbonyl (C=O) groups excluding carboxylic acids is 1. The van der Waals surface area contributed by atoms with Crippen LogP contribution in [0.25, 0.3) is 22.8 Å². The molecule has 0 spiro atoms. The summed E-state index contributed by atoms with van der Waals surface area (Å²) in [6.07, 6.45) is 4.96. The van der Waals surface area contributed by atoms with E-state index in [0.29, 0.717) is 35.9 Å². The second-order valence-electron chi connectivity index (χ2n) is 8.11. The molecule has 0 N–H and O–H groups in total. The predicted octanol–water partition coefficient (Wildman–Crippen LogP) is 4.66. The highest BCUT2D eigenvalue weighted by molar-refractivity contribution is 5.94. The molecule has 0 aliphatic carbocycles. The van der Waals surface area contributed by atoms with Gasteiger partial charge in [0.05, 0.1) is 17.0 Å². The van der Waals surface area contributed by atoms with E-state index in [0.717, 1.165) is 29.8 Å². The number of piperidine rings is 1. The van der Waals surface area contributed by atoms with Gasteiger partial charge in [-0.3, -0.25) is 9.78 Å². The maximum atomic E-state index is 13.2.